The Hall–Kier alpha value is -1.80. The number of carbonyl (C=O) groups excluding carboxylic acids is 1. The lowest BCUT2D eigenvalue weighted by molar-refractivity contribution is -0.118. The van der Waals surface area contributed by atoms with Crippen LogP contribution in [0.15, 0.2) is 47.4 Å². The zero-order valence-electron chi connectivity index (χ0n) is 15.7. The molecule has 3 rings (SSSR count). The van der Waals surface area contributed by atoms with Crippen molar-refractivity contribution in [2.45, 2.75) is 30.6 Å². The summed E-state index contributed by atoms with van der Waals surface area (Å²) in [5.74, 6) is 0.0173. The summed E-state index contributed by atoms with van der Waals surface area (Å²) in [6, 6.07) is 10.8. The summed E-state index contributed by atoms with van der Waals surface area (Å²) in [5, 5.41) is 3.47. The molecule has 0 aromatic heterocycles. The van der Waals surface area contributed by atoms with Crippen molar-refractivity contribution >= 4 is 44.8 Å². The Morgan fingerprint density at radius 2 is 1.55 bits per heavy atom. The largest absolute Gasteiger partial charge is 0.484 e. The summed E-state index contributed by atoms with van der Waals surface area (Å²) in [5.41, 5.74) is 0.468. The second-order valence-corrected chi connectivity index (χ2v) is 9.60. The predicted octanol–water partition coefficient (Wildman–Crippen LogP) is 4.58. The smallest absolute Gasteiger partial charge is 0.262 e. The first-order valence-corrected chi connectivity index (χ1v) is 11.5. The van der Waals surface area contributed by atoms with E-state index in [2.05, 4.69) is 5.32 Å². The maximum atomic E-state index is 12.8. The van der Waals surface area contributed by atoms with Gasteiger partial charge in [-0.15, -0.1) is 0 Å². The van der Waals surface area contributed by atoms with Crippen LogP contribution < -0.4 is 10.1 Å². The van der Waals surface area contributed by atoms with Crippen molar-refractivity contribution in [1.82, 2.24) is 4.31 Å². The number of ether oxygens (including phenoxy) is 1. The van der Waals surface area contributed by atoms with Gasteiger partial charge in [0.25, 0.3) is 5.91 Å². The van der Waals surface area contributed by atoms with Gasteiger partial charge >= 0.3 is 0 Å². The first-order chi connectivity index (χ1) is 13.8. The summed E-state index contributed by atoms with van der Waals surface area (Å²) in [7, 11) is -3.51. The van der Waals surface area contributed by atoms with E-state index in [0.29, 0.717) is 34.6 Å². The monoisotopic (exact) mass is 456 g/mol. The first kappa shape index (κ1) is 21.9. The second kappa shape index (κ2) is 9.80. The average molecular weight is 457 g/mol. The predicted molar refractivity (Wildman–Crippen MR) is 114 cm³/mol. The third kappa shape index (κ3) is 6.09. The molecule has 0 bridgehead atoms. The molecule has 1 aliphatic rings. The Kier molecular flexibility index (Phi) is 7.40. The molecule has 0 radical (unpaired) electrons. The number of anilines is 1. The number of nitrogens with one attached hydrogen (secondary N) is 1. The molecule has 9 heteroatoms. The van der Waals surface area contributed by atoms with Crippen LogP contribution >= 0.6 is 23.2 Å². The molecule has 0 aliphatic carbocycles. The van der Waals surface area contributed by atoms with Crippen molar-refractivity contribution < 1.29 is 17.9 Å². The van der Waals surface area contributed by atoms with Crippen LogP contribution in [0.2, 0.25) is 10.0 Å². The van der Waals surface area contributed by atoms with Crippen LogP contribution in [0, 0.1) is 0 Å². The van der Waals surface area contributed by atoms with Crippen molar-refractivity contribution in [3.05, 3.63) is 52.5 Å². The van der Waals surface area contributed by atoms with Crippen LogP contribution in [0.3, 0.4) is 0 Å². The minimum absolute atomic E-state index is 0.227. The third-order valence-corrected chi connectivity index (χ3v) is 6.89. The maximum absolute atomic E-state index is 12.8. The molecule has 0 saturated carbocycles. The number of carbonyl (C=O) groups is 1. The molecule has 1 saturated heterocycles. The zero-order valence-corrected chi connectivity index (χ0v) is 18.1. The van der Waals surface area contributed by atoms with E-state index in [-0.39, 0.29) is 17.4 Å². The van der Waals surface area contributed by atoms with Crippen LogP contribution in [0.4, 0.5) is 5.69 Å². The van der Waals surface area contributed by atoms with Gasteiger partial charge in [0.05, 0.1) is 4.90 Å². The minimum Gasteiger partial charge on any atom is -0.484 e. The fraction of sp³-hybridized carbons (Fsp3) is 0.350. The standard InChI is InChI=1S/C20H22Cl2N2O4S/c21-15-11-16(22)13-17(12-15)23-20(25)14-28-18-5-7-19(8-6-18)29(26,27)24-9-3-1-2-4-10-24/h5-8,11-13H,1-4,9-10,14H2,(H,23,25). The van der Waals surface area contributed by atoms with Crippen LogP contribution in [-0.2, 0) is 14.8 Å². The molecule has 29 heavy (non-hydrogen) atoms. The average Bonchev–Trinajstić information content (AvgIpc) is 2.96. The number of nitrogens with zero attached hydrogens (tertiary/aromatic N) is 1. The molecule has 2 aromatic carbocycles. The lowest BCUT2D eigenvalue weighted by Crippen LogP contribution is -2.31. The van der Waals surface area contributed by atoms with Crippen LogP contribution in [0.1, 0.15) is 25.7 Å². The van der Waals surface area contributed by atoms with E-state index < -0.39 is 10.0 Å². The van der Waals surface area contributed by atoms with Gasteiger partial charge in [0.1, 0.15) is 5.75 Å². The molecule has 156 valence electrons. The zero-order chi connectivity index (χ0) is 20.9. The van der Waals surface area contributed by atoms with E-state index in [9.17, 15) is 13.2 Å². The van der Waals surface area contributed by atoms with E-state index in [0.717, 1.165) is 25.7 Å². The SMILES string of the molecule is O=C(COc1ccc(S(=O)(=O)N2CCCCCC2)cc1)Nc1cc(Cl)cc(Cl)c1. The number of halogens is 2. The molecule has 6 nitrogen and oxygen atoms in total. The highest BCUT2D eigenvalue weighted by Crippen LogP contribution is 2.24. The number of hydrogen-bond acceptors (Lipinski definition) is 4. The highest BCUT2D eigenvalue weighted by molar-refractivity contribution is 7.89. The molecule has 0 unspecified atom stereocenters. The third-order valence-electron chi connectivity index (χ3n) is 4.54. The number of sulfonamides is 1. The van der Waals surface area contributed by atoms with Gasteiger partial charge in [-0.1, -0.05) is 36.0 Å². The Morgan fingerprint density at radius 3 is 2.14 bits per heavy atom. The second-order valence-electron chi connectivity index (χ2n) is 6.78. The molecular formula is C20H22Cl2N2O4S. The molecule has 0 atom stereocenters. The van der Waals surface area contributed by atoms with Crippen molar-refractivity contribution in [2.24, 2.45) is 0 Å². The maximum Gasteiger partial charge on any atom is 0.262 e. The molecule has 1 heterocycles. The summed E-state index contributed by atoms with van der Waals surface area (Å²) >= 11 is 11.8. The topological polar surface area (TPSA) is 75.7 Å². The fourth-order valence-corrected chi connectivity index (χ4v) is 5.15. The lowest BCUT2D eigenvalue weighted by atomic mass is 10.2. The molecule has 1 fully saturated rings. The van der Waals surface area contributed by atoms with Crippen molar-refractivity contribution in [1.29, 1.82) is 0 Å². The van der Waals surface area contributed by atoms with Crippen LogP contribution in [0.5, 0.6) is 5.75 Å². The Labute approximate surface area is 180 Å². The summed E-state index contributed by atoms with van der Waals surface area (Å²) in [6.07, 6.45) is 3.88. The number of benzene rings is 2. The fourth-order valence-electron chi connectivity index (χ4n) is 3.11. The number of amides is 1. The number of rotatable bonds is 6. The summed E-state index contributed by atoms with van der Waals surface area (Å²) < 4.78 is 32.5. The molecule has 1 N–H and O–H groups in total. The highest BCUT2D eigenvalue weighted by atomic mass is 35.5. The quantitative estimate of drug-likeness (QED) is 0.689. The molecule has 2 aromatic rings. The lowest BCUT2D eigenvalue weighted by Gasteiger charge is -2.20. The van der Waals surface area contributed by atoms with Gasteiger partial charge in [-0.25, -0.2) is 8.42 Å². The molecular weight excluding hydrogens is 435 g/mol. The molecule has 1 aliphatic heterocycles. The van der Waals surface area contributed by atoms with E-state index in [4.69, 9.17) is 27.9 Å². The van der Waals surface area contributed by atoms with Gasteiger partial charge in [0, 0.05) is 28.8 Å². The van der Waals surface area contributed by atoms with Gasteiger partial charge in [0.2, 0.25) is 10.0 Å². The Morgan fingerprint density at radius 1 is 0.966 bits per heavy atom. The van der Waals surface area contributed by atoms with Crippen LogP contribution in [-0.4, -0.2) is 38.3 Å². The van der Waals surface area contributed by atoms with Crippen molar-refractivity contribution in [3.63, 3.8) is 0 Å². The normalized spacial score (nSPS) is 15.5. The number of hydrogen-bond donors (Lipinski definition) is 1. The van der Waals surface area contributed by atoms with Gasteiger partial charge in [-0.3, -0.25) is 4.79 Å². The van der Waals surface area contributed by atoms with Gasteiger partial charge in [-0.2, -0.15) is 4.31 Å². The van der Waals surface area contributed by atoms with E-state index in [1.165, 1.54) is 12.1 Å². The molecule has 0 spiro atoms. The van der Waals surface area contributed by atoms with E-state index in [1.54, 1.807) is 34.6 Å². The van der Waals surface area contributed by atoms with E-state index in [1.807, 2.05) is 0 Å². The first-order valence-electron chi connectivity index (χ1n) is 9.33. The molecule has 1 amide bonds. The van der Waals surface area contributed by atoms with Gasteiger partial charge in [-0.05, 0) is 55.3 Å². The van der Waals surface area contributed by atoms with Crippen molar-refractivity contribution in [2.75, 3.05) is 25.0 Å². The van der Waals surface area contributed by atoms with Gasteiger partial charge < -0.3 is 10.1 Å². The van der Waals surface area contributed by atoms with E-state index >= 15 is 0 Å². The highest BCUT2D eigenvalue weighted by Gasteiger charge is 2.25. The van der Waals surface area contributed by atoms with Gasteiger partial charge in [0.15, 0.2) is 6.61 Å². The minimum atomic E-state index is -3.51. The van der Waals surface area contributed by atoms with Crippen LogP contribution in [0.25, 0.3) is 0 Å². The summed E-state index contributed by atoms with van der Waals surface area (Å²) in [6.45, 7) is 0.866. The Bertz CT molecular complexity index is 937. The Balaban J connectivity index is 1.58. The van der Waals surface area contributed by atoms with Crippen molar-refractivity contribution in [3.8, 4) is 5.75 Å². The summed E-state index contributed by atoms with van der Waals surface area (Å²) in [4.78, 5) is 12.3.